The molecule has 0 spiro atoms. The van der Waals surface area contributed by atoms with Gasteiger partial charge >= 0.3 is 0 Å². The van der Waals surface area contributed by atoms with Crippen LogP contribution < -0.4 is 10.5 Å². The Morgan fingerprint density at radius 3 is 2.60 bits per heavy atom. The molecule has 1 aromatic heterocycles. The SMILES string of the molecule is CC(N)C(Oc1cc(F)c(Cl)cc1Br)c1ccncc1. The summed E-state index contributed by atoms with van der Waals surface area (Å²) in [5.74, 6) is -0.186. The molecule has 1 heterocycles. The summed E-state index contributed by atoms with van der Waals surface area (Å²) >= 11 is 9.01. The number of hydrogen-bond donors (Lipinski definition) is 1. The van der Waals surface area contributed by atoms with Crippen LogP contribution in [0.1, 0.15) is 18.6 Å². The third-order valence-corrected chi connectivity index (χ3v) is 3.65. The number of nitrogens with two attached hydrogens (primary N) is 1. The lowest BCUT2D eigenvalue weighted by Crippen LogP contribution is -2.29. The van der Waals surface area contributed by atoms with Crippen LogP contribution in [-0.2, 0) is 0 Å². The monoisotopic (exact) mass is 358 g/mol. The van der Waals surface area contributed by atoms with Gasteiger partial charge in [0.05, 0.1) is 9.50 Å². The summed E-state index contributed by atoms with van der Waals surface area (Å²) in [5.41, 5.74) is 6.83. The smallest absolute Gasteiger partial charge is 0.145 e. The van der Waals surface area contributed by atoms with Crippen LogP contribution in [0.25, 0.3) is 0 Å². The number of pyridine rings is 1. The van der Waals surface area contributed by atoms with Crippen LogP contribution in [0.2, 0.25) is 5.02 Å². The number of benzene rings is 1. The minimum Gasteiger partial charge on any atom is -0.483 e. The van der Waals surface area contributed by atoms with Crippen LogP contribution in [0.5, 0.6) is 5.75 Å². The first-order valence-corrected chi connectivity index (χ1v) is 7.13. The molecule has 2 N–H and O–H groups in total. The van der Waals surface area contributed by atoms with E-state index in [4.69, 9.17) is 22.1 Å². The Hall–Kier alpha value is -1.17. The quantitative estimate of drug-likeness (QED) is 0.836. The van der Waals surface area contributed by atoms with Crippen molar-refractivity contribution in [2.45, 2.75) is 19.1 Å². The summed E-state index contributed by atoms with van der Waals surface area (Å²) in [6.07, 6.45) is 2.91. The van der Waals surface area contributed by atoms with Gasteiger partial charge in [0.2, 0.25) is 0 Å². The molecular weight excluding hydrogens is 347 g/mol. The topological polar surface area (TPSA) is 48.1 Å². The lowest BCUT2D eigenvalue weighted by molar-refractivity contribution is 0.178. The van der Waals surface area contributed by atoms with Gasteiger partial charge in [-0.2, -0.15) is 0 Å². The Kier molecular flexibility index (Phi) is 4.96. The molecular formula is C14H13BrClFN2O. The van der Waals surface area contributed by atoms with E-state index in [1.807, 2.05) is 19.1 Å². The summed E-state index contributed by atoms with van der Waals surface area (Å²) in [5, 5.41) is 0.0329. The van der Waals surface area contributed by atoms with E-state index in [1.165, 1.54) is 12.1 Å². The minimum atomic E-state index is -0.539. The molecule has 6 heteroatoms. The third-order valence-electron chi connectivity index (χ3n) is 2.74. The van der Waals surface area contributed by atoms with Crippen LogP contribution >= 0.6 is 27.5 Å². The molecule has 0 saturated heterocycles. The molecule has 0 saturated carbocycles. The minimum absolute atomic E-state index is 0.0329. The van der Waals surface area contributed by atoms with E-state index in [-0.39, 0.29) is 11.1 Å². The average Bonchev–Trinajstić information content (AvgIpc) is 2.42. The molecule has 0 fully saturated rings. The highest BCUT2D eigenvalue weighted by Gasteiger charge is 2.20. The highest BCUT2D eigenvalue weighted by molar-refractivity contribution is 9.10. The fourth-order valence-corrected chi connectivity index (χ4v) is 2.50. The Morgan fingerprint density at radius 2 is 2.00 bits per heavy atom. The number of aromatic nitrogens is 1. The van der Waals surface area contributed by atoms with Gasteiger partial charge in [-0.25, -0.2) is 4.39 Å². The molecule has 0 amide bonds. The standard InChI is InChI=1S/C14H13BrClFN2O/c1-8(18)14(9-2-4-19-5-3-9)20-13-7-12(17)11(16)6-10(13)15/h2-8,14H,18H2,1H3. The molecule has 2 unspecified atom stereocenters. The Balaban J connectivity index is 2.32. The second kappa shape index (κ2) is 6.52. The lowest BCUT2D eigenvalue weighted by atomic mass is 10.1. The molecule has 2 atom stereocenters. The fraction of sp³-hybridized carbons (Fsp3) is 0.214. The molecule has 0 aliphatic heterocycles. The average molecular weight is 360 g/mol. The van der Waals surface area contributed by atoms with Crippen LogP contribution in [0.4, 0.5) is 4.39 Å². The van der Waals surface area contributed by atoms with Crippen molar-refractivity contribution in [3.63, 3.8) is 0 Å². The highest BCUT2D eigenvalue weighted by Crippen LogP contribution is 2.34. The normalized spacial score (nSPS) is 13.8. The molecule has 0 radical (unpaired) electrons. The predicted octanol–water partition coefficient (Wildman–Crippen LogP) is 4.10. The van der Waals surface area contributed by atoms with Crippen molar-refractivity contribution >= 4 is 27.5 Å². The van der Waals surface area contributed by atoms with Gasteiger partial charge in [-0.05, 0) is 46.6 Å². The van der Waals surface area contributed by atoms with E-state index in [0.29, 0.717) is 10.2 Å². The first kappa shape index (κ1) is 15.2. The Labute approximate surface area is 130 Å². The summed E-state index contributed by atoms with van der Waals surface area (Å²) in [6, 6.07) is 6.05. The van der Waals surface area contributed by atoms with Crippen LogP contribution in [-0.4, -0.2) is 11.0 Å². The van der Waals surface area contributed by atoms with Crippen molar-refractivity contribution in [1.29, 1.82) is 0 Å². The highest BCUT2D eigenvalue weighted by atomic mass is 79.9. The Morgan fingerprint density at radius 1 is 1.35 bits per heavy atom. The molecule has 2 aromatic rings. The Bertz CT molecular complexity index is 595. The first-order valence-electron chi connectivity index (χ1n) is 5.95. The molecule has 2 rings (SSSR count). The summed E-state index contributed by atoms with van der Waals surface area (Å²) in [6.45, 7) is 1.82. The first-order chi connectivity index (χ1) is 9.49. The van der Waals surface area contributed by atoms with Gasteiger partial charge in [0, 0.05) is 24.5 Å². The maximum Gasteiger partial charge on any atom is 0.145 e. The van der Waals surface area contributed by atoms with Crippen molar-refractivity contribution in [3.8, 4) is 5.75 Å². The lowest BCUT2D eigenvalue weighted by Gasteiger charge is -2.23. The second-order valence-electron chi connectivity index (χ2n) is 4.37. The summed E-state index contributed by atoms with van der Waals surface area (Å²) in [7, 11) is 0. The zero-order valence-corrected chi connectivity index (χ0v) is 13.0. The summed E-state index contributed by atoms with van der Waals surface area (Å²) < 4.78 is 19.9. The van der Waals surface area contributed by atoms with E-state index in [9.17, 15) is 4.39 Å². The van der Waals surface area contributed by atoms with Gasteiger partial charge in [0.1, 0.15) is 17.7 Å². The number of hydrogen-bond acceptors (Lipinski definition) is 3. The van der Waals surface area contributed by atoms with Gasteiger partial charge in [-0.15, -0.1) is 0 Å². The van der Waals surface area contributed by atoms with Crippen molar-refractivity contribution in [2.24, 2.45) is 5.73 Å². The van der Waals surface area contributed by atoms with Crippen molar-refractivity contribution in [1.82, 2.24) is 4.98 Å². The predicted molar refractivity (Wildman–Crippen MR) is 80.4 cm³/mol. The van der Waals surface area contributed by atoms with Gasteiger partial charge in [0.25, 0.3) is 0 Å². The van der Waals surface area contributed by atoms with E-state index in [2.05, 4.69) is 20.9 Å². The van der Waals surface area contributed by atoms with Crippen LogP contribution in [0, 0.1) is 5.82 Å². The number of rotatable bonds is 4. The zero-order valence-electron chi connectivity index (χ0n) is 10.7. The van der Waals surface area contributed by atoms with E-state index in [1.54, 1.807) is 12.4 Å². The second-order valence-corrected chi connectivity index (χ2v) is 5.64. The van der Waals surface area contributed by atoms with Crippen molar-refractivity contribution in [3.05, 3.63) is 57.5 Å². The van der Waals surface area contributed by atoms with Gasteiger partial charge in [-0.1, -0.05) is 11.6 Å². The van der Waals surface area contributed by atoms with Gasteiger partial charge in [0.15, 0.2) is 0 Å². The van der Waals surface area contributed by atoms with Crippen molar-refractivity contribution < 1.29 is 9.13 Å². The fourth-order valence-electron chi connectivity index (χ4n) is 1.76. The van der Waals surface area contributed by atoms with Crippen molar-refractivity contribution in [2.75, 3.05) is 0 Å². The molecule has 20 heavy (non-hydrogen) atoms. The maximum absolute atomic E-state index is 13.5. The van der Waals surface area contributed by atoms with Crippen LogP contribution in [0.15, 0.2) is 41.1 Å². The number of halogens is 3. The molecule has 0 aliphatic rings. The van der Waals surface area contributed by atoms with E-state index >= 15 is 0 Å². The molecule has 106 valence electrons. The third kappa shape index (κ3) is 3.48. The number of ether oxygens (including phenoxy) is 1. The van der Waals surface area contributed by atoms with Gasteiger partial charge in [-0.3, -0.25) is 4.98 Å². The molecule has 0 bridgehead atoms. The molecule has 1 aromatic carbocycles. The number of nitrogens with zero attached hydrogens (tertiary/aromatic N) is 1. The van der Waals surface area contributed by atoms with E-state index < -0.39 is 11.9 Å². The molecule has 3 nitrogen and oxygen atoms in total. The van der Waals surface area contributed by atoms with Gasteiger partial charge < -0.3 is 10.5 Å². The maximum atomic E-state index is 13.5. The van der Waals surface area contributed by atoms with Crippen LogP contribution in [0.3, 0.4) is 0 Å². The zero-order chi connectivity index (χ0) is 14.7. The largest absolute Gasteiger partial charge is 0.483 e. The molecule has 0 aliphatic carbocycles. The summed E-state index contributed by atoms with van der Waals surface area (Å²) in [4.78, 5) is 3.95. The van der Waals surface area contributed by atoms with E-state index in [0.717, 1.165) is 5.56 Å².